The first-order valence-electron chi connectivity index (χ1n) is 11.7. The number of H-pyrrole nitrogens is 1. The normalized spacial score (nSPS) is 18.0. The van der Waals surface area contributed by atoms with E-state index in [4.69, 9.17) is 11.6 Å². The number of fused-ring (bicyclic) bond motifs is 1. The molecule has 0 aliphatic heterocycles. The first-order chi connectivity index (χ1) is 16.9. The number of pyridine rings is 2. The summed E-state index contributed by atoms with van der Waals surface area (Å²) in [7, 11) is 0. The molecule has 3 aromatic heterocycles. The summed E-state index contributed by atoms with van der Waals surface area (Å²) in [6, 6.07) is 12.5. The zero-order valence-corrected chi connectivity index (χ0v) is 20.1. The summed E-state index contributed by atoms with van der Waals surface area (Å²) in [6.07, 6.45) is 6.60. The van der Waals surface area contributed by atoms with Crippen LogP contribution in [0, 0.1) is 12.8 Å². The first kappa shape index (κ1) is 23.1. The lowest BCUT2D eigenvalue weighted by Crippen LogP contribution is -2.39. The number of aromatic amines is 1. The van der Waals surface area contributed by atoms with Gasteiger partial charge >= 0.3 is 5.69 Å². The number of hydrogen-bond acceptors (Lipinski definition) is 4. The Balaban J connectivity index is 1.31. The van der Waals surface area contributed by atoms with E-state index in [1.807, 2.05) is 28.8 Å². The van der Waals surface area contributed by atoms with Crippen LogP contribution in [-0.2, 0) is 6.54 Å². The minimum atomic E-state index is -0.212. The third-order valence-electron chi connectivity index (χ3n) is 6.78. The third-order valence-corrected chi connectivity index (χ3v) is 6.99. The average Bonchev–Trinajstić information content (AvgIpc) is 3.13. The smallest absolute Gasteiger partial charge is 0.333 e. The topological polar surface area (TPSA) is 102 Å². The molecule has 0 spiro atoms. The summed E-state index contributed by atoms with van der Waals surface area (Å²) >= 11 is 6.01. The van der Waals surface area contributed by atoms with Gasteiger partial charge in [0.1, 0.15) is 0 Å². The van der Waals surface area contributed by atoms with E-state index >= 15 is 0 Å². The van der Waals surface area contributed by atoms with Crippen LogP contribution in [0.3, 0.4) is 0 Å². The lowest BCUT2D eigenvalue weighted by atomic mass is 9.85. The number of hydrogen-bond donors (Lipinski definition) is 2. The highest BCUT2D eigenvalue weighted by atomic mass is 35.5. The molecule has 9 heteroatoms. The molecule has 3 heterocycles. The molecular formula is C26H26ClN5O3. The molecule has 1 fully saturated rings. The van der Waals surface area contributed by atoms with Crippen molar-refractivity contribution in [1.29, 1.82) is 0 Å². The van der Waals surface area contributed by atoms with Gasteiger partial charge in [0.15, 0.2) is 0 Å². The van der Waals surface area contributed by atoms with E-state index in [-0.39, 0.29) is 23.2 Å². The molecule has 0 saturated heterocycles. The Morgan fingerprint density at radius 3 is 2.57 bits per heavy atom. The standard InChI is InChI=1S/C26H26ClN5O3/c1-16-21(12-18(27)13-28-16)25(34)30-19-8-6-17(7-9-19)15-31-22-4-2-3-5-23(22)32(26(31)35)20-10-11-24(33)29-14-20/h2-5,10-14,17,19H,6-9,15H2,1H3,(H,29,33)(H,30,34). The first-order valence-corrected chi connectivity index (χ1v) is 12.1. The van der Waals surface area contributed by atoms with Crippen molar-refractivity contribution in [2.75, 3.05) is 0 Å². The molecule has 1 aromatic carbocycles. The lowest BCUT2D eigenvalue weighted by molar-refractivity contribution is 0.0919. The highest BCUT2D eigenvalue weighted by Gasteiger charge is 2.25. The SMILES string of the molecule is Cc1ncc(Cl)cc1C(=O)NC1CCC(Cn2c(=O)n(-c3ccc(=O)[nH]c3)c3ccccc32)CC1. The maximum atomic E-state index is 13.4. The molecule has 5 rings (SSSR count). The third kappa shape index (κ3) is 4.66. The zero-order valence-electron chi connectivity index (χ0n) is 19.3. The van der Waals surface area contributed by atoms with Crippen molar-refractivity contribution < 1.29 is 4.79 Å². The minimum Gasteiger partial charge on any atom is -0.349 e. The molecule has 2 N–H and O–H groups in total. The van der Waals surface area contributed by atoms with Crippen LogP contribution < -0.4 is 16.6 Å². The molecule has 35 heavy (non-hydrogen) atoms. The largest absolute Gasteiger partial charge is 0.349 e. The number of para-hydroxylation sites is 2. The van der Waals surface area contributed by atoms with Crippen LogP contribution in [0.4, 0.5) is 0 Å². The summed E-state index contributed by atoms with van der Waals surface area (Å²) in [6.45, 7) is 2.40. The number of carbonyl (C=O) groups is 1. The van der Waals surface area contributed by atoms with E-state index in [1.165, 1.54) is 12.3 Å². The Kier molecular flexibility index (Phi) is 6.30. The van der Waals surface area contributed by atoms with Crippen molar-refractivity contribution in [2.45, 2.75) is 45.2 Å². The number of carbonyl (C=O) groups excluding carboxylic acids is 1. The summed E-state index contributed by atoms with van der Waals surface area (Å²) < 4.78 is 3.46. The molecule has 8 nitrogen and oxygen atoms in total. The summed E-state index contributed by atoms with van der Waals surface area (Å²) in [5.74, 6) is 0.173. The summed E-state index contributed by atoms with van der Waals surface area (Å²) in [5, 5.41) is 3.56. The van der Waals surface area contributed by atoms with E-state index in [0.29, 0.717) is 34.4 Å². The predicted molar refractivity (Wildman–Crippen MR) is 135 cm³/mol. The number of aromatic nitrogens is 4. The Morgan fingerprint density at radius 1 is 1.11 bits per heavy atom. The minimum absolute atomic E-state index is 0.0799. The number of imidazole rings is 1. The molecule has 1 amide bonds. The molecule has 0 radical (unpaired) electrons. The fraction of sp³-hybridized carbons (Fsp3) is 0.308. The Labute approximate surface area is 206 Å². The summed E-state index contributed by atoms with van der Waals surface area (Å²) in [4.78, 5) is 44.5. The van der Waals surface area contributed by atoms with E-state index in [9.17, 15) is 14.4 Å². The van der Waals surface area contributed by atoms with Gasteiger partial charge in [-0.15, -0.1) is 0 Å². The van der Waals surface area contributed by atoms with Gasteiger partial charge in [-0.25, -0.2) is 4.79 Å². The number of rotatable bonds is 5. The number of halogens is 1. The quantitative estimate of drug-likeness (QED) is 0.443. The Morgan fingerprint density at radius 2 is 1.86 bits per heavy atom. The molecule has 0 atom stereocenters. The van der Waals surface area contributed by atoms with E-state index in [0.717, 1.165) is 36.7 Å². The Bertz CT molecular complexity index is 1490. The van der Waals surface area contributed by atoms with Crippen molar-refractivity contribution in [3.63, 3.8) is 0 Å². The van der Waals surface area contributed by atoms with Crippen LogP contribution in [-0.4, -0.2) is 31.1 Å². The Hall–Kier alpha value is -3.65. The summed E-state index contributed by atoms with van der Waals surface area (Å²) in [5.41, 5.74) is 3.11. The molecule has 1 aliphatic carbocycles. The van der Waals surface area contributed by atoms with Crippen LogP contribution >= 0.6 is 11.6 Å². The molecule has 4 aromatic rings. The van der Waals surface area contributed by atoms with Crippen molar-refractivity contribution >= 4 is 28.5 Å². The van der Waals surface area contributed by atoms with Crippen molar-refractivity contribution in [3.8, 4) is 5.69 Å². The number of benzene rings is 1. The van der Waals surface area contributed by atoms with Gasteiger partial charge in [0.05, 0.1) is 33.0 Å². The molecule has 180 valence electrons. The van der Waals surface area contributed by atoms with E-state index in [1.54, 1.807) is 29.8 Å². The second kappa shape index (κ2) is 9.54. The van der Waals surface area contributed by atoms with Crippen LogP contribution in [0.2, 0.25) is 5.02 Å². The van der Waals surface area contributed by atoms with Gasteiger partial charge in [-0.05, 0) is 62.8 Å². The fourth-order valence-electron chi connectivity index (χ4n) is 4.92. The van der Waals surface area contributed by atoms with Crippen LogP contribution in [0.25, 0.3) is 16.7 Å². The van der Waals surface area contributed by atoms with Gasteiger partial charge in [-0.1, -0.05) is 23.7 Å². The van der Waals surface area contributed by atoms with E-state index < -0.39 is 0 Å². The van der Waals surface area contributed by atoms with Gasteiger partial charge in [0.2, 0.25) is 5.56 Å². The maximum Gasteiger partial charge on any atom is 0.333 e. The van der Waals surface area contributed by atoms with Crippen LogP contribution in [0.15, 0.2) is 64.4 Å². The molecule has 0 bridgehead atoms. The second-order valence-electron chi connectivity index (χ2n) is 9.11. The molecule has 0 unspecified atom stereocenters. The molecule has 1 saturated carbocycles. The number of nitrogens with zero attached hydrogens (tertiary/aromatic N) is 3. The zero-order chi connectivity index (χ0) is 24.5. The van der Waals surface area contributed by atoms with Crippen LogP contribution in [0.1, 0.15) is 41.7 Å². The van der Waals surface area contributed by atoms with Gasteiger partial charge in [0, 0.05) is 31.0 Å². The van der Waals surface area contributed by atoms with Gasteiger partial charge in [-0.2, -0.15) is 0 Å². The van der Waals surface area contributed by atoms with Gasteiger partial charge in [-0.3, -0.25) is 23.7 Å². The van der Waals surface area contributed by atoms with Crippen molar-refractivity contribution in [3.05, 3.63) is 92.0 Å². The maximum absolute atomic E-state index is 13.4. The second-order valence-corrected chi connectivity index (χ2v) is 9.54. The van der Waals surface area contributed by atoms with Crippen LogP contribution in [0.5, 0.6) is 0 Å². The molecule has 1 aliphatic rings. The van der Waals surface area contributed by atoms with Gasteiger partial charge < -0.3 is 10.3 Å². The van der Waals surface area contributed by atoms with Crippen molar-refractivity contribution in [2.24, 2.45) is 5.92 Å². The lowest BCUT2D eigenvalue weighted by Gasteiger charge is -2.29. The number of amides is 1. The monoisotopic (exact) mass is 491 g/mol. The molecular weight excluding hydrogens is 466 g/mol. The van der Waals surface area contributed by atoms with Gasteiger partial charge in [0.25, 0.3) is 5.91 Å². The number of aryl methyl sites for hydroxylation is 1. The highest BCUT2D eigenvalue weighted by Crippen LogP contribution is 2.27. The van der Waals surface area contributed by atoms with E-state index in [2.05, 4.69) is 15.3 Å². The fourth-order valence-corrected chi connectivity index (χ4v) is 5.08. The highest BCUT2D eigenvalue weighted by molar-refractivity contribution is 6.30. The van der Waals surface area contributed by atoms with Crippen molar-refractivity contribution in [1.82, 2.24) is 24.4 Å². The predicted octanol–water partition coefficient (Wildman–Crippen LogP) is 3.83. The number of nitrogens with one attached hydrogen (secondary N) is 2. The average molecular weight is 492 g/mol.